The molecule has 0 radical (unpaired) electrons. The van der Waals surface area contributed by atoms with Crippen LogP contribution in [0.3, 0.4) is 0 Å². The van der Waals surface area contributed by atoms with Crippen molar-refractivity contribution in [2.75, 3.05) is 12.4 Å². The molecule has 0 aliphatic carbocycles. The van der Waals surface area contributed by atoms with Gasteiger partial charge in [-0.3, -0.25) is 4.79 Å². The number of benzene rings is 1. The van der Waals surface area contributed by atoms with Gasteiger partial charge in [-0.15, -0.1) is 0 Å². The SMILES string of the molecule is COc1c(Cl)cc(C(=O)O)cc1NC(=O)C(F)(F)F. The number of carboxylic acid groups (broad SMARTS) is 1. The first-order chi connectivity index (χ1) is 8.66. The van der Waals surface area contributed by atoms with Crippen molar-refractivity contribution in [3.8, 4) is 5.75 Å². The van der Waals surface area contributed by atoms with Gasteiger partial charge in [0.05, 0.1) is 23.4 Å². The number of amides is 1. The number of carbonyl (C=O) groups excluding carboxylic acids is 1. The maximum atomic E-state index is 12.1. The second-order valence-electron chi connectivity index (χ2n) is 3.30. The minimum absolute atomic E-state index is 0.236. The molecule has 0 spiro atoms. The number of rotatable bonds is 3. The summed E-state index contributed by atoms with van der Waals surface area (Å²) in [6.07, 6.45) is -5.11. The van der Waals surface area contributed by atoms with Gasteiger partial charge in [-0.2, -0.15) is 13.2 Å². The lowest BCUT2D eigenvalue weighted by molar-refractivity contribution is -0.167. The summed E-state index contributed by atoms with van der Waals surface area (Å²) < 4.78 is 41.1. The largest absolute Gasteiger partial charge is 0.493 e. The fourth-order valence-electron chi connectivity index (χ4n) is 1.21. The van der Waals surface area contributed by atoms with Crippen molar-refractivity contribution in [3.05, 3.63) is 22.7 Å². The van der Waals surface area contributed by atoms with Crippen LogP contribution in [0.25, 0.3) is 0 Å². The molecule has 2 N–H and O–H groups in total. The number of hydrogen-bond donors (Lipinski definition) is 2. The predicted octanol–water partition coefficient (Wildman–Crippen LogP) is 2.55. The summed E-state index contributed by atoms with van der Waals surface area (Å²) in [5, 5.41) is 10.0. The van der Waals surface area contributed by atoms with E-state index in [4.69, 9.17) is 21.4 Å². The minimum Gasteiger partial charge on any atom is -0.493 e. The Hall–Kier alpha value is -1.96. The Morgan fingerprint density at radius 3 is 2.37 bits per heavy atom. The van der Waals surface area contributed by atoms with Crippen LogP contribution in [0, 0.1) is 0 Å². The molecule has 5 nitrogen and oxygen atoms in total. The number of alkyl halides is 3. The van der Waals surface area contributed by atoms with Crippen molar-refractivity contribution in [3.63, 3.8) is 0 Å². The highest BCUT2D eigenvalue weighted by molar-refractivity contribution is 6.33. The molecule has 0 aliphatic rings. The van der Waals surface area contributed by atoms with Crippen LogP contribution in [-0.4, -0.2) is 30.3 Å². The quantitative estimate of drug-likeness (QED) is 0.899. The number of halogens is 4. The van der Waals surface area contributed by atoms with E-state index >= 15 is 0 Å². The lowest BCUT2D eigenvalue weighted by Crippen LogP contribution is -2.30. The number of ether oxygens (including phenoxy) is 1. The summed E-state index contributed by atoms with van der Waals surface area (Å²) >= 11 is 5.66. The van der Waals surface area contributed by atoms with E-state index in [-0.39, 0.29) is 16.3 Å². The van der Waals surface area contributed by atoms with Gasteiger partial charge in [-0.1, -0.05) is 11.6 Å². The monoisotopic (exact) mass is 297 g/mol. The smallest absolute Gasteiger partial charge is 0.471 e. The molecule has 9 heteroatoms. The highest BCUT2D eigenvalue weighted by atomic mass is 35.5. The first-order valence-corrected chi connectivity index (χ1v) is 5.03. The number of carboxylic acids is 1. The van der Waals surface area contributed by atoms with E-state index < -0.39 is 23.7 Å². The summed E-state index contributed by atoms with van der Waals surface area (Å²) in [4.78, 5) is 21.6. The van der Waals surface area contributed by atoms with E-state index in [0.29, 0.717) is 0 Å². The van der Waals surface area contributed by atoms with Crippen LogP contribution in [0.1, 0.15) is 10.4 Å². The third-order valence-electron chi connectivity index (χ3n) is 2.00. The first kappa shape index (κ1) is 15.1. The molecule has 0 unspecified atom stereocenters. The fourth-order valence-corrected chi connectivity index (χ4v) is 1.51. The summed E-state index contributed by atoms with van der Waals surface area (Å²) in [5.41, 5.74) is -0.863. The van der Waals surface area contributed by atoms with Crippen molar-refractivity contribution in [1.29, 1.82) is 0 Å². The molecule has 104 valence electrons. The molecule has 0 fully saturated rings. The number of aromatic carboxylic acids is 1. The number of anilines is 1. The van der Waals surface area contributed by atoms with Gasteiger partial charge in [-0.25, -0.2) is 4.79 Å². The molecule has 1 rings (SSSR count). The van der Waals surface area contributed by atoms with Crippen LogP contribution in [0.2, 0.25) is 5.02 Å². The Kier molecular flexibility index (Phi) is 4.25. The van der Waals surface area contributed by atoms with Crippen LogP contribution in [0.5, 0.6) is 5.75 Å². The van der Waals surface area contributed by atoms with E-state index in [1.165, 1.54) is 5.32 Å². The zero-order valence-corrected chi connectivity index (χ0v) is 10.1. The molecule has 0 aliphatic heterocycles. The zero-order valence-electron chi connectivity index (χ0n) is 9.34. The van der Waals surface area contributed by atoms with E-state index in [1.54, 1.807) is 0 Å². The van der Waals surface area contributed by atoms with E-state index in [9.17, 15) is 22.8 Å². The van der Waals surface area contributed by atoms with Crippen molar-refractivity contribution < 1.29 is 32.6 Å². The van der Waals surface area contributed by atoms with Gasteiger partial charge in [0.15, 0.2) is 5.75 Å². The molecule has 0 saturated heterocycles. The van der Waals surface area contributed by atoms with Gasteiger partial charge in [0, 0.05) is 0 Å². The Balaban J connectivity index is 3.24. The van der Waals surface area contributed by atoms with Crippen LogP contribution >= 0.6 is 11.6 Å². The minimum atomic E-state index is -5.11. The summed E-state index contributed by atoms with van der Waals surface area (Å²) in [7, 11) is 1.12. The third-order valence-corrected chi connectivity index (χ3v) is 2.28. The Morgan fingerprint density at radius 2 is 1.95 bits per heavy atom. The number of hydrogen-bond acceptors (Lipinski definition) is 3. The molecule has 19 heavy (non-hydrogen) atoms. The molecular formula is C10H7ClF3NO4. The van der Waals surface area contributed by atoms with Crippen molar-refractivity contribution in [1.82, 2.24) is 0 Å². The topological polar surface area (TPSA) is 75.6 Å². The van der Waals surface area contributed by atoms with Gasteiger partial charge in [0.25, 0.3) is 0 Å². The van der Waals surface area contributed by atoms with E-state index in [1.807, 2.05) is 0 Å². The molecule has 1 aromatic carbocycles. The van der Waals surface area contributed by atoms with Crippen molar-refractivity contribution in [2.24, 2.45) is 0 Å². The van der Waals surface area contributed by atoms with Crippen LogP contribution < -0.4 is 10.1 Å². The lowest BCUT2D eigenvalue weighted by Gasteiger charge is -2.13. The van der Waals surface area contributed by atoms with Gasteiger partial charge < -0.3 is 15.2 Å². The van der Waals surface area contributed by atoms with Gasteiger partial charge in [0.2, 0.25) is 0 Å². The van der Waals surface area contributed by atoms with Crippen LogP contribution in [-0.2, 0) is 4.79 Å². The van der Waals surface area contributed by atoms with Crippen molar-refractivity contribution >= 4 is 29.2 Å². The second kappa shape index (κ2) is 5.35. The molecule has 0 heterocycles. The maximum Gasteiger partial charge on any atom is 0.471 e. The normalized spacial score (nSPS) is 11.0. The number of nitrogens with one attached hydrogen (secondary N) is 1. The summed E-state index contributed by atoms with van der Waals surface area (Å²) in [6, 6.07) is 1.81. The molecular weight excluding hydrogens is 291 g/mol. The maximum absolute atomic E-state index is 12.1. The Morgan fingerprint density at radius 1 is 1.37 bits per heavy atom. The Bertz CT molecular complexity index is 530. The van der Waals surface area contributed by atoms with Crippen LogP contribution in [0.15, 0.2) is 12.1 Å². The van der Waals surface area contributed by atoms with Gasteiger partial charge in [-0.05, 0) is 12.1 Å². The summed E-state index contributed by atoms with van der Waals surface area (Å²) in [5.74, 6) is -3.93. The molecule has 0 saturated carbocycles. The summed E-state index contributed by atoms with van der Waals surface area (Å²) in [6.45, 7) is 0. The fraction of sp³-hybridized carbons (Fsp3) is 0.200. The highest BCUT2D eigenvalue weighted by Gasteiger charge is 2.39. The Labute approximate surface area is 109 Å². The lowest BCUT2D eigenvalue weighted by atomic mass is 10.2. The van der Waals surface area contributed by atoms with Crippen LogP contribution in [0.4, 0.5) is 18.9 Å². The third kappa shape index (κ3) is 3.50. The standard InChI is InChI=1S/C10H7ClF3NO4/c1-19-7-5(11)2-4(8(16)17)3-6(7)15-9(18)10(12,13)14/h2-3H,1H3,(H,15,18)(H,16,17). The van der Waals surface area contributed by atoms with E-state index in [2.05, 4.69) is 0 Å². The molecule has 1 amide bonds. The second-order valence-corrected chi connectivity index (χ2v) is 3.70. The predicted molar refractivity (Wildman–Crippen MR) is 59.6 cm³/mol. The highest BCUT2D eigenvalue weighted by Crippen LogP contribution is 2.35. The molecule has 0 aromatic heterocycles. The van der Waals surface area contributed by atoms with Crippen molar-refractivity contribution in [2.45, 2.75) is 6.18 Å². The van der Waals surface area contributed by atoms with Gasteiger partial charge in [0.1, 0.15) is 0 Å². The average Bonchev–Trinajstić information content (AvgIpc) is 2.27. The van der Waals surface area contributed by atoms with E-state index in [0.717, 1.165) is 19.2 Å². The van der Waals surface area contributed by atoms with Gasteiger partial charge >= 0.3 is 18.1 Å². The average molecular weight is 298 g/mol. The molecule has 0 atom stereocenters. The number of carbonyl (C=O) groups is 2. The molecule has 0 bridgehead atoms. The zero-order chi connectivity index (χ0) is 14.8. The molecule has 1 aromatic rings. The first-order valence-electron chi connectivity index (χ1n) is 4.65. The number of methoxy groups -OCH3 is 1.